The SMILES string of the molecule is Cc1nn([C@H]2CCS(=O)(=O)C2)c(C)c1/C=C/C(=O)c1ccc(C(C)(C)C)cc1. The summed E-state index contributed by atoms with van der Waals surface area (Å²) in [5, 5.41) is 4.54. The Labute approximate surface area is 167 Å². The van der Waals surface area contributed by atoms with E-state index in [0.29, 0.717) is 12.0 Å². The molecule has 1 aliphatic rings. The van der Waals surface area contributed by atoms with E-state index in [0.717, 1.165) is 17.0 Å². The molecule has 28 heavy (non-hydrogen) atoms. The second kappa shape index (κ2) is 7.32. The molecule has 150 valence electrons. The lowest BCUT2D eigenvalue weighted by molar-refractivity contribution is 0.104. The zero-order chi connectivity index (χ0) is 20.7. The van der Waals surface area contributed by atoms with E-state index in [9.17, 15) is 13.2 Å². The average molecular weight is 401 g/mol. The molecule has 0 radical (unpaired) electrons. The van der Waals surface area contributed by atoms with Gasteiger partial charge >= 0.3 is 0 Å². The predicted molar refractivity (Wildman–Crippen MR) is 113 cm³/mol. The third-order valence-electron chi connectivity index (χ3n) is 5.37. The molecule has 2 heterocycles. The summed E-state index contributed by atoms with van der Waals surface area (Å²) in [6.45, 7) is 10.2. The summed E-state index contributed by atoms with van der Waals surface area (Å²) in [6.07, 6.45) is 3.95. The first-order valence-electron chi connectivity index (χ1n) is 9.57. The van der Waals surface area contributed by atoms with Crippen LogP contribution in [0.25, 0.3) is 6.08 Å². The highest BCUT2D eigenvalue weighted by Gasteiger charge is 2.31. The van der Waals surface area contributed by atoms with Crippen LogP contribution in [0.4, 0.5) is 0 Å². The Balaban J connectivity index is 1.80. The quantitative estimate of drug-likeness (QED) is 0.573. The van der Waals surface area contributed by atoms with Gasteiger partial charge in [0.1, 0.15) is 0 Å². The normalized spacial score (nSPS) is 19.4. The van der Waals surface area contributed by atoms with E-state index in [1.54, 1.807) is 12.2 Å². The second-order valence-corrected chi connectivity index (χ2v) is 10.8. The Morgan fingerprint density at radius 3 is 2.36 bits per heavy atom. The lowest BCUT2D eigenvalue weighted by Crippen LogP contribution is -2.14. The molecule has 5 nitrogen and oxygen atoms in total. The number of benzene rings is 1. The highest BCUT2D eigenvalue weighted by Crippen LogP contribution is 2.27. The zero-order valence-corrected chi connectivity index (χ0v) is 18.0. The van der Waals surface area contributed by atoms with Crippen LogP contribution < -0.4 is 0 Å². The summed E-state index contributed by atoms with van der Waals surface area (Å²) in [4.78, 5) is 12.6. The van der Waals surface area contributed by atoms with E-state index in [-0.39, 0.29) is 28.7 Å². The third kappa shape index (κ3) is 4.27. The van der Waals surface area contributed by atoms with Gasteiger partial charge in [-0.15, -0.1) is 0 Å². The smallest absolute Gasteiger partial charge is 0.185 e. The molecule has 0 aliphatic carbocycles. The van der Waals surface area contributed by atoms with Crippen LogP contribution in [-0.4, -0.2) is 35.5 Å². The van der Waals surface area contributed by atoms with E-state index in [2.05, 4.69) is 25.9 Å². The Kier molecular flexibility index (Phi) is 5.36. The van der Waals surface area contributed by atoms with Crippen molar-refractivity contribution < 1.29 is 13.2 Å². The van der Waals surface area contributed by atoms with Crippen molar-refractivity contribution in [1.29, 1.82) is 0 Å². The van der Waals surface area contributed by atoms with Gasteiger partial charge in [-0.2, -0.15) is 5.10 Å². The Bertz CT molecular complexity index is 1020. The number of aromatic nitrogens is 2. The van der Waals surface area contributed by atoms with Crippen molar-refractivity contribution in [2.75, 3.05) is 11.5 Å². The maximum absolute atomic E-state index is 12.6. The molecule has 1 fully saturated rings. The number of allylic oxidation sites excluding steroid dienone is 1. The van der Waals surface area contributed by atoms with Gasteiger partial charge in [0.05, 0.1) is 23.2 Å². The van der Waals surface area contributed by atoms with Crippen LogP contribution >= 0.6 is 0 Å². The molecule has 1 atom stereocenters. The number of carbonyl (C=O) groups excluding carboxylic acids is 1. The number of carbonyl (C=O) groups is 1. The number of hydrogen-bond donors (Lipinski definition) is 0. The standard InChI is InChI=1S/C22H28N2O3S/c1-15-20(16(2)24(23-15)19-12-13-28(26,27)14-19)10-11-21(25)17-6-8-18(9-7-17)22(3,4)5/h6-11,19H,12-14H2,1-5H3/b11-10+/t19-/m0/s1. The van der Waals surface area contributed by atoms with Crippen molar-refractivity contribution in [3.63, 3.8) is 0 Å². The van der Waals surface area contributed by atoms with Gasteiger partial charge in [-0.05, 0) is 43.4 Å². The summed E-state index contributed by atoms with van der Waals surface area (Å²) in [7, 11) is -2.97. The first-order chi connectivity index (χ1) is 13.0. The van der Waals surface area contributed by atoms with Gasteiger partial charge < -0.3 is 0 Å². The van der Waals surface area contributed by atoms with Crippen LogP contribution in [-0.2, 0) is 15.3 Å². The highest BCUT2D eigenvalue weighted by atomic mass is 32.2. The molecule has 0 amide bonds. The van der Waals surface area contributed by atoms with E-state index in [1.165, 1.54) is 5.56 Å². The summed E-state index contributed by atoms with van der Waals surface area (Å²) in [5.74, 6) is 0.289. The molecule has 1 aliphatic heterocycles. The van der Waals surface area contributed by atoms with Crippen LogP contribution in [0, 0.1) is 13.8 Å². The van der Waals surface area contributed by atoms with Gasteiger partial charge in [0.25, 0.3) is 0 Å². The van der Waals surface area contributed by atoms with Crippen LogP contribution in [0.15, 0.2) is 30.3 Å². The van der Waals surface area contributed by atoms with E-state index in [1.807, 2.05) is 42.8 Å². The third-order valence-corrected chi connectivity index (χ3v) is 7.12. The largest absolute Gasteiger partial charge is 0.289 e. The molecule has 0 spiro atoms. The number of nitrogens with zero attached hydrogens (tertiary/aromatic N) is 2. The molecular formula is C22H28N2O3S. The van der Waals surface area contributed by atoms with Gasteiger partial charge in [0, 0.05) is 16.8 Å². The summed E-state index contributed by atoms with van der Waals surface area (Å²) >= 11 is 0. The van der Waals surface area contributed by atoms with Crippen LogP contribution in [0.1, 0.15) is 66.1 Å². The lowest BCUT2D eigenvalue weighted by Gasteiger charge is -2.18. The molecule has 0 bridgehead atoms. The van der Waals surface area contributed by atoms with Crippen molar-refractivity contribution >= 4 is 21.7 Å². The first-order valence-corrected chi connectivity index (χ1v) is 11.4. The average Bonchev–Trinajstić information content (AvgIpc) is 3.11. The molecule has 0 N–H and O–H groups in total. The van der Waals surface area contributed by atoms with Crippen LogP contribution in [0.3, 0.4) is 0 Å². The Hall–Kier alpha value is -2.21. The second-order valence-electron chi connectivity index (χ2n) is 8.61. The number of aryl methyl sites for hydroxylation is 1. The highest BCUT2D eigenvalue weighted by molar-refractivity contribution is 7.91. The maximum Gasteiger partial charge on any atom is 0.185 e. The van der Waals surface area contributed by atoms with Gasteiger partial charge in [-0.1, -0.05) is 45.0 Å². The minimum atomic E-state index is -2.97. The van der Waals surface area contributed by atoms with Crippen molar-refractivity contribution in [2.24, 2.45) is 0 Å². The van der Waals surface area contributed by atoms with Gasteiger partial charge in [0.15, 0.2) is 15.6 Å². The number of ketones is 1. The van der Waals surface area contributed by atoms with Crippen LogP contribution in [0.5, 0.6) is 0 Å². The fourth-order valence-corrected chi connectivity index (χ4v) is 5.32. The Morgan fingerprint density at radius 2 is 1.82 bits per heavy atom. The van der Waals surface area contributed by atoms with Gasteiger partial charge in [0.2, 0.25) is 0 Å². The van der Waals surface area contributed by atoms with Gasteiger partial charge in [-0.25, -0.2) is 8.42 Å². The fourth-order valence-electron chi connectivity index (χ4n) is 3.63. The molecular weight excluding hydrogens is 372 g/mol. The summed E-state index contributed by atoms with van der Waals surface area (Å²) in [6, 6.07) is 7.60. The molecule has 2 aromatic rings. The van der Waals surface area contributed by atoms with Crippen molar-refractivity contribution in [2.45, 2.75) is 52.5 Å². The fraction of sp³-hybridized carbons (Fsp3) is 0.455. The molecule has 1 aromatic carbocycles. The Morgan fingerprint density at radius 1 is 1.18 bits per heavy atom. The molecule has 0 saturated carbocycles. The monoisotopic (exact) mass is 400 g/mol. The molecule has 1 aromatic heterocycles. The molecule has 0 unspecified atom stereocenters. The van der Waals surface area contributed by atoms with E-state index in [4.69, 9.17) is 0 Å². The minimum absolute atomic E-state index is 0.0495. The van der Waals surface area contributed by atoms with E-state index >= 15 is 0 Å². The maximum atomic E-state index is 12.6. The topological polar surface area (TPSA) is 69.0 Å². The van der Waals surface area contributed by atoms with Crippen molar-refractivity contribution in [3.05, 3.63) is 58.4 Å². The first kappa shape index (κ1) is 20.5. The van der Waals surface area contributed by atoms with Crippen molar-refractivity contribution in [3.8, 4) is 0 Å². The summed E-state index contributed by atoms with van der Waals surface area (Å²) < 4.78 is 25.4. The zero-order valence-electron chi connectivity index (χ0n) is 17.2. The predicted octanol–water partition coefficient (Wildman–Crippen LogP) is 4.05. The van der Waals surface area contributed by atoms with E-state index < -0.39 is 9.84 Å². The molecule has 6 heteroatoms. The molecule has 1 saturated heterocycles. The lowest BCUT2D eigenvalue weighted by atomic mass is 9.86. The summed E-state index contributed by atoms with van der Waals surface area (Å²) in [5.41, 5.74) is 4.46. The number of rotatable bonds is 4. The number of sulfone groups is 1. The van der Waals surface area contributed by atoms with Crippen LogP contribution in [0.2, 0.25) is 0 Å². The minimum Gasteiger partial charge on any atom is -0.289 e. The number of hydrogen-bond acceptors (Lipinski definition) is 4. The molecule has 3 rings (SSSR count). The van der Waals surface area contributed by atoms with Crippen molar-refractivity contribution in [1.82, 2.24) is 9.78 Å². The van der Waals surface area contributed by atoms with Gasteiger partial charge in [-0.3, -0.25) is 9.48 Å².